The molecule has 0 bridgehead atoms. The Morgan fingerprint density at radius 3 is 2.52 bits per heavy atom. The number of aryl methyl sites for hydroxylation is 1. The predicted octanol–water partition coefficient (Wildman–Crippen LogP) is 1.49. The molecule has 2 N–H and O–H groups in total. The van der Waals surface area contributed by atoms with E-state index in [2.05, 4.69) is 32.7 Å². The third-order valence-corrected chi connectivity index (χ3v) is 2.76. The number of hydrogen-bond acceptors (Lipinski definition) is 6. The van der Waals surface area contributed by atoms with Crippen molar-refractivity contribution in [2.45, 2.75) is 33.2 Å². The second kappa shape index (κ2) is 14.6. The van der Waals surface area contributed by atoms with Crippen LogP contribution in [0, 0.1) is 6.92 Å². The van der Waals surface area contributed by atoms with Gasteiger partial charge in [0.1, 0.15) is 0 Å². The molecule has 0 aromatic carbocycles. The molecular formula is C14H28IN5O3. The quantitative estimate of drug-likeness (QED) is 0.233. The van der Waals surface area contributed by atoms with Crippen LogP contribution in [0.1, 0.15) is 31.5 Å². The molecule has 1 rings (SSSR count). The smallest absolute Gasteiger partial charge is 0.223 e. The topological polar surface area (TPSA) is 93.8 Å². The van der Waals surface area contributed by atoms with Crippen molar-refractivity contribution in [1.82, 2.24) is 20.8 Å². The first kappa shape index (κ1) is 22.1. The summed E-state index contributed by atoms with van der Waals surface area (Å²) in [6.07, 6.45) is 2.25. The molecule has 8 nitrogen and oxygen atoms in total. The molecular weight excluding hydrogens is 413 g/mol. The van der Waals surface area contributed by atoms with Gasteiger partial charge in [-0.2, -0.15) is 4.98 Å². The number of hydrogen-bond donors (Lipinski definition) is 2. The van der Waals surface area contributed by atoms with Crippen LogP contribution < -0.4 is 10.6 Å². The van der Waals surface area contributed by atoms with Gasteiger partial charge in [0.25, 0.3) is 0 Å². The van der Waals surface area contributed by atoms with Gasteiger partial charge in [0.15, 0.2) is 11.8 Å². The fourth-order valence-corrected chi connectivity index (χ4v) is 1.61. The average molecular weight is 441 g/mol. The summed E-state index contributed by atoms with van der Waals surface area (Å²) in [4.78, 5) is 8.21. The van der Waals surface area contributed by atoms with Gasteiger partial charge >= 0.3 is 0 Å². The second-order valence-electron chi connectivity index (χ2n) is 4.66. The molecule has 9 heteroatoms. The van der Waals surface area contributed by atoms with E-state index in [0.717, 1.165) is 19.4 Å². The van der Waals surface area contributed by atoms with E-state index in [9.17, 15) is 0 Å². The average Bonchev–Trinajstić information content (AvgIpc) is 2.94. The Bertz CT molecular complexity index is 428. The lowest BCUT2D eigenvalue weighted by molar-refractivity contribution is 0.0487. The Morgan fingerprint density at radius 2 is 1.91 bits per heavy atom. The summed E-state index contributed by atoms with van der Waals surface area (Å²) < 4.78 is 15.8. The molecule has 0 amide bonds. The van der Waals surface area contributed by atoms with Crippen molar-refractivity contribution in [3.8, 4) is 0 Å². The predicted molar refractivity (Wildman–Crippen MR) is 99.2 cm³/mol. The highest BCUT2D eigenvalue weighted by atomic mass is 127. The van der Waals surface area contributed by atoms with Crippen molar-refractivity contribution in [3.63, 3.8) is 0 Å². The number of aromatic nitrogens is 2. The highest BCUT2D eigenvalue weighted by molar-refractivity contribution is 14.0. The largest absolute Gasteiger partial charge is 0.379 e. The highest BCUT2D eigenvalue weighted by Crippen LogP contribution is 1.93. The minimum absolute atomic E-state index is 0. The van der Waals surface area contributed by atoms with E-state index in [4.69, 9.17) is 14.0 Å². The number of guanidine groups is 1. The van der Waals surface area contributed by atoms with Gasteiger partial charge in [-0.05, 0) is 6.42 Å². The van der Waals surface area contributed by atoms with Gasteiger partial charge in [0.05, 0.1) is 26.4 Å². The third-order valence-electron chi connectivity index (χ3n) is 2.76. The first-order chi connectivity index (χ1) is 10.8. The molecule has 23 heavy (non-hydrogen) atoms. The molecule has 0 radical (unpaired) electrons. The van der Waals surface area contributed by atoms with Crippen molar-refractivity contribution in [2.24, 2.45) is 4.99 Å². The molecule has 0 spiro atoms. The summed E-state index contributed by atoms with van der Waals surface area (Å²) in [6.45, 7) is 7.69. The van der Waals surface area contributed by atoms with Crippen LogP contribution in [0.5, 0.6) is 0 Å². The number of unbranched alkanes of at least 4 members (excludes halogenated alkanes) is 1. The monoisotopic (exact) mass is 441 g/mol. The van der Waals surface area contributed by atoms with Crippen LogP contribution in [0.3, 0.4) is 0 Å². The Morgan fingerprint density at radius 1 is 1.17 bits per heavy atom. The minimum atomic E-state index is 0. The fourth-order valence-electron chi connectivity index (χ4n) is 1.61. The van der Waals surface area contributed by atoms with Crippen LogP contribution in [0.15, 0.2) is 9.52 Å². The second-order valence-corrected chi connectivity index (χ2v) is 4.66. The van der Waals surface area contributed by atoms with Crippen molar-refractivity contribution >= 4 is 29.9 Å². The fraction of sp³-hybridized carbons (Fsp3) is 0.786. The number of aliphatic imine (C=N–C) groups is 1. The normalized spacial score (nSPS) is 11.2. The number of nitrogens with one attached hydrogen (secondary N) is 2. The van der Waals surface area contributed by atoms with E-state index in [1.54, 1.807) is 14.0 Å². The maximum absolute atomic E-state index is 5.46. The Labute approximate surface area is 154 Å². The van der Waals surface area contributed by atoms with Crippen LogP contribution in [-0.4, -0.2) is 56.1 Å². The standard InChI is InChI=1S/C14H27N5O3.HI/c1-4-5-7-20-9-10-21-8-6-16-14(15-3)17-11-13-18-12(2)22-19-13;/h4-11H2,1-3H3,(H2,15,16,17);1H. The van der Waals surface area contributed by atoms with E-state index in [0.29, 0.717) is 50.6 Å². The lowest BCUT2D eigenvalue weighted by atomic mass is 10.4. The summed E-state index contributed by atoms with van der Waals surface area (Å²) >= 11 is 0. The summed E-state index contributed by atoms with van der Waals surface area (Å²) in [5, 5.41) is 10.0. The SMILES string of the molecule is CCCCOCCOCCNC(=NC)NCc1noc(C)n1.I. The Hall–Kier alpha value is -0.940. The van der Waals surface area contributed by atoms with E-state index in [-0.39, 0.29) is 24.0 Å². The van der Waals surface area contributed by atoms with E-state index >= 15 is 0 Å². The first-order valence-corrected chi connectivity index (χ1v) is 7.65. The zero-order chi connectivity index (χ0) is 16.0. The van der Waals surface area contributed by atoms with Crippen LogP contribution >= 0.6 is 24.0 Å². The van der Waals surface area contributed by atoms with Gasteiger partial charge in [0, 0.05) is 27.1 Å². The zero-order valence-electron chi connectivity index (χ0n) is 14.1. The Balaban J connectivity index is 0.00000484. The molecule has 0 fully saturated rings. The van der Waals surface area contributed by atoms with Gasteiger partial charge < -0.3 is 24.6 Å². The summed E-state index contributed by atoms with van der Waals surface area (Å²) in [5.74, 6) is 1.82. The van der Waals surface area contributed by atoms with Gasteiger partial charge in [0.2, 0.25) is 5.89 Å². The molecule has 0 saturated carbocycles. The summed E-state index contributed by atoms with van der Waals surface area (Å²) in [7, 11) is 1.71. The van der Waals surface area contributed by atoms with Crippen LogP contribution in [0.4, 0.5) is 0 Å². The molecule has 1 aromatic heterocycles. The molecule has 134 valence electrons. The van der Waals surface area contributed by atoms with Crippen LogP contribution in [0.25, 0.3) is 0 Å². The van der Waals surface area contributed by atoms with Crippen LogP contribution in [0.2, 0.25) is 0 Å². The van der Waals surface area contributed by atoms with Crippen molar-refractivity contribution in [2.75, 3.05) is 40.0 Å². The number of halogens is 1. The van der Waals surface area contributed by atoms with Gasteiger partial charge in [-0.1, -0.05) is 18.5 Å². The molecule has 0 unspecified atom stereocenters. The molecule has 1 heterocycles. The van der Waals surface area contributed by atoms with Crippen molar-refractivity contribution in [3.05, 3.63) is 11.7 Å². The molecule has 0 aliphatic rings. The molecule has 1 aromatic rings. The molecule has 0 aliphatic carbocycles. The summed E-state index contributed by atoms with van der Waals surface area (Å²) in [5.41, 5.74) is 0. The lowest BCUT2D eigenvalue weighted by Crippen LogP contribution is -2.38. The third kappa shape index (κ3) is 11.3. The Kier molecular flexibility index (Phi) is 14.0. The van der Waals surface area contributed by atoms with E-state index < -0.39 is 0 Å². The van der Waals surface area contributed by atoms with Gasteiger partial charge in [-0.25, -0.2) is 0 Å². The lowest BCUT2D eigenvalue weighted by Gasteiger charge is -2.10. The maximum Gasteiger partial charge on any atom is 0.223 e. The van der Waals surface area contributed by atoms with E-state index in [1.807, 2.05) is 0 Å². The van der Waals surface area contributed by atoms with E-state index in [1.165, 1.54) is 0 Å². The zero-order valence-corrected chi connectivity index (χ0v) is 16.5. The maximum atomic E-state index is 5.46. The number of ether oxygens (including phenoxy) is 2. The molecule has 0 saturated heterocycles. The highest BCUT2D eigenvalue weighted by Gasteiger charge is 2.03. The summed E-state index contributed by atoms with van der Waals surface area (Å²) in [6, 6.07) is 0. The van der Waals surface area contributed by atoms with Crippen molar-refractivity contribution in [1.29, 1.82) is 0 Å². The van der Waals surface area contributed by atoms with Gasteiger partial charge in [-0.3, -0.25) is 4.99 Å². The van der Waals surface area contributed by atoms with Crippen molar-refractivity contribution < 1.29 is 14.0 Å². The van der Waals surface area contributed by atoms with Crippen LogP contribution in [-0.2, 0) is 16.0 Å². The number of rotatable bonds is 11. The van der Waals surface area contributed by atoms with Gasteiger partial charge in [-0.15, -0.1) is 24.0 Å². The first-order valence-electron chi connectivity index (χ1n) is 7.65. The molecule has 0 atom stereocenters. The molecule has 0 aliphatic heterocycles. The number of nitrogens with zero attached hydrogens (tertiary/aromatic N) is 3. The minimum Gasteiger partial charge on any atom is -0.379 e.